The molecule has 4 fully saturated rings. The standard InChI is InChI=1S/C28H51N/c1-19(2)7-6-8-20(3)24-11-12-25-23-10-9-22-17-21(18-29)13-15-27(22,4)26(23)14-16-28(24,25)5/h19-26H,6-18,29H2,1-5H3/t20-,21+,22?,23?,24-,25?,26?,27+,28-/m1/s1. The summed E-state index contributed by atoms with van der Waals surface area (Å²) < 4.78 is 0. The van der Waals surface area contributed by atoms with Gasteiger partial charge in [0, 0.05) is 0 Å². The fraction of sp³-hybridized carbons (Fsp3) is 1.00. The molecule has 2 N–H and O–H groups in total. The number of hydrogen-bond donors (Lipinski definition) is 1. The second kappa shape index (κ2) is 8.48. The summed E-state index contributed by atoms with van der Waals surface area (Å²) in [7, 11) is 0. The molecule has 168 valence electrons. The van der Waals surface area contributed by atoms with Gasteiger partial charge in [0.05, 0.1) is 0 Å². The van der Waals surface area contributed by atoms with Gasteiger partial charge in [-0.2, -0.15) is 0 Å². The van der Waals surface area contributed by atoms with Crippen molar-refractivity contribution in [1.29, 1.82) is 0 Å². The largest absolute Gasteiger partial charge is 0.330 e. The van der Waals surface area contributed by atoms with Gasteiger partial charge in [0.15, 0.2) is 0 Å². The Labute approximate surface area is 182 Å². The summed E-state index contributed by atoms with van der Waals surface area (Å²) in [6.45, 7) is 13.8. The van der Waals surface area contributed by atoms with Crippen molar-refractivity contribution >= 4 is 0 Å². The fourth-order valence-electron chi connectivity index (χ4n) is 9.59. The van der Waals surface area contributed by atoms with Crippen molar-refractivity contribution in [1.82, 2.24) is 0 Å². The lowest BCUT2D eigenvalue weighted by atomic mass is 9.44. The van der Waals surface area contributed by atoms with Crippen LogP contribution in [-0.4, -0.2) is 6.54 Å². The van der Waals surface area contributed by atoms with Crippen LogP contribution in [0.2, 0.25) is 0 Å². The van der Waals surface area contributed by atoms with Gasteiger partial charge in [0.2, 0.25) is 0 Å². The van der Waals surface area contributed by atoms with Crippen molar-refractivity contribution < 1.29 is 0 Å². The van der Waals surface area contributed by atoms with E-state index in [0.717, 1.165) is 53.9 Å². The van der Waals surface area contributed by atoms with Gasteiger partial charge in [-0.15, -0.1) is 0 Å². The van der Waals surface area contributed by atoms with Crippen molar-refractivity contribution in [2.75, 3.05) is 6.54 Å². The molecule has 0 spiro atoms. The summed E-state index contributed by atoms with van der Waals surface area (Å²) in [5.41, 5.74) is 7.37. The van der Waals surface area contributed by atoms with Crippen LogP contribution < -0.4 is 5.73 Å². The third kappa shape index (κ3) is 3.85. The number of nitrogens with two attached hydrogens (primary N) is 1. The fourth-order valence-corrected chi connectivity index (χ4v) is 9.59. The molecule has 0 aliphatic heterocycles. The average molecular weight is 402 g/mol. The van der Waals surface area contributed by atoms with E-state index in [2.05, 4.69) is 34.6 Å². The summed E-state index contributed by atoms with van der Waals surface area (Å²) in [5, 5.41) is 0. The zero-order valence-electron chi connectivity index (χ0n) is 20.4. The molecule has 0 aromatic carbocycles. The quantitative estimate of drug-likeness (QED) is 0.485. The van der Waals surface area contributed by atoms with Crippen LogP contribution in [0.1, 0.15) is 112 Å². The van der Waals surface area contributed by atoms with Crippen molar-refractivity contribution in [2.45, 2.75) is 112 Å². The first kappa shape index (κ1) is 22.2. The van der Waals surface area contributed by atoms with Crippen LogP contribution in [0.3, 0.4) is 0 Å². The third-order valence-electron chi connectivity index (χ3n) is 11.3. The summed E-state index contributed by atoms with van der Waals surface area (Å²) >= 11 is 0. The maximum absolute atomic E-state index is 6.08. The summed E-state index contributed by atoms with van der Waals surface area (Å²) in [4.78, 5) is 0. The topological polar surface area (TPSA) is 26.0 Å². The van der Waals surface area contributed by atoms with E-state index in [0.29, 0.717) is 10.8 Å². The van der Waals surface area contributed by atoms with Crippen LogP contribution in [0.5, 0.6) is 0 Å². The van der Waals surface area contributed by atoms with Gasteiger partial charge in [-0.25, -0.2) is 0 Å². The van der Waals surface area contributed by atoms with Gasteiger partial charge in [-0.3, -0.25) is 0 Å². The Bertz CT molecular complexity index is 555. The molecule has 0 aromatic heterocycles. The molecule has 4 aliphatic rings. The van der Waals surface area contributed by atoms with Crippen molar-refractivity contribution in [3.63, 3.8) is 0 Å². The van der Waals surface area contributed by atoms with Gasteiger partial charge < -0.3 is 5.73 Å². The summed E-state index contributed by atoms with van der Waals surface area (Å²) in [5.74, 6) is 7.69. The van der Waals surface area contributed by atoms with E-state index >= 15 is 0 Å². The molecule has 29 heavy (non-hydrogen) atoms. The summed E-state index contributed by atoms with van der Waals surface area (Å²) in [6, 6.07) is 0. The Balaban J connectivity index is 1.45. The average Bonchev–Trinajstić information content (AvgIpc) is 3.04. The lowest BCUT2D eigenvalue weighted by Crippen LogP contribution is -2.54. The first-order valence-corrected chi connectivity index (χ1v) is 13.5. The normalized spacial score (nSPS) is 48.1. The number of rotatable bonds is 6. The smallest absolute Gasteiger partial charge is 0.00488 e. The van der Waals surface area contributed by atoms with E-state index in [9.17, 15) is 0 Å². The Kier molecular flexibility index (Phi) is 6.48. The molecule has 4 aliphatic carbocycles. The second-order valence-corrected chi connectivity index (χ2v) is 13.1. The third-order valence-corrected chi connectivity index (χ3v) is 11.3. The van der Waals surface area contributed by atoms with Crippen LogP contribution in [-0.2, 0) is 0 Å². The van der Waals surface area contributed by atoms with E-state index in [1.54, 1.807) is 6.42 Å². The molecule has 0 radical (unpaired) electrons. The maximum atomic E-state index is 6.08. The van der Waals surface area contributed by atoms with Crippen molar-refractivity contribution in [3.05, 3.63) is 0 Å². The lowest BCUT2D eigenvalue weighted by Gasteiger charge is -2.61. The number of fused-ring (bicyclic) bond motifs is 5. The van der Waals surface area contributed by atoms with Crippen molar-refractivity contribution in [2.24, 2.45) is 63.9 Å². The molecule has 0 saturated heterocycles. The van der Waals surface area contributed by atoms with Crippen LogP contribution in [0.15, 0.2) is 0 Å². The molecular weight excluding hydrogens is 350 g/mol. The van der Waals surface area contributed by atoms with Crippen LogP contribution in [0.25, 0.3) is 0 Å². The second-order valence-electron chi connectivity index (χ2n) is 13.1. The van der Waals surface area contributed by atoms with E-state index < -0.39 is 0 Å². The minimum atomic E-state index is 0.636. The van der Waals surface area contributed by atoms with Gasteiger partial charge in [0.1, 0.15) is 0 Å². The minimum Gasteiger partial charge on any atom is -0.330 e. The van der Waals surface area contributed by atoms with Gasteiger partial charge in [0.25, 0.3) is 0 Å². The molecule has 0 amide bonds. The van der Waals surface area contributed by atoms with Crippen LogP contribution in [0, 0.1) is 58.2 Å². The monoisotopic (exact) mass is 401 g/mol. The zero-order valence-corrected chi connectivity index (χ0v) is 20.4. The Hall–Kier alpha value is -0.0400. The first-order valence-electron chi connectivity index (χ1n) is 13.5. The molecule has 0 heterocycles. The highest BCUT2D eigenvalue weighted by molar-refractivity contribution is 5.09. The SMILES string of the molecule is CC(C)CCC[C@@H](C)[C@H]1CCC2C3CCC4C[C@@H](CN)CC[C@]4(C)C3CC[C@@]21C. The lowest BCUT2D eigenvalue weighted by molar-refractivity contribution is -0.120. The van der Waals surface area contributed by atoms with Crippen LogP contribution in [0.4, 0.5) is 0 Å². The maximum Gasteiger partial charge on any atom is -0.00488 e. The molecule has 0 aromatic rings. The highest BCUT2D eigenvalue weighted by Gasteiger charge is 2.60. The Morgan fingerprint density at radius 2 is 1.55 bits per heavy atom. The molecule has 4 rings (SSSR count). The van der Waals surface area contributed by atoms with Crippen molar-refractivity contribution in [3.8, 4) is 0 Å². The Morgan fingerprint density at radius 1 is 0.828 bits per heavy atom. The predicted octanol–water partition coefficient (Wildman–Crippen LogP) is 7.68. The van der Waals surface area contributed by atoms with Crippen LogP contribution >= 0.6 is 0 Å². The Morgan fingerprint density at radius 3 is 2.28 bits per heavy atom. The molecule has 9 atom stereocenters. The molecule has 1 nitrogen and oxygen atoms in total. The minimum absolute atomic E-state index is 0.636. The number of hydrogen-bond acceptors (Lipinski definition) is 1. The highest BCUT2D eigenvalue weighted by atomic mass is 14.7. The van der Waals surface area contributed by atoms with E-state index in [4.69, 9.17) is 5.73 Å². The zero-order chi connectivity index (χ0) is 20.8. The summed E-state index contributed by atoms with van der Waals surface area (Å²) in [6.07, 6.45) is 17.8. The first-order chi connectivity index (χ1) is 13.8. The van der Waals surface area contributed by atoms with E-state index in [-0.39, 0.29) is 0 Å². The van der Waals surface area contributed by atoms with Gasteiger partial charge >= 0.3 is 0 Å². The van der Waals surface area contributed by atoms with Gasteiger partial charge in [-0.05, 0) is 123 Å². The molecule has 4 unspecified atom stereocenters. The van der Waals surface area contributed by atoms with E-state index in [1.807, 2.05) is 0 Å². The molecule has 4 saturated carbocycles. The van der Waals surface area contributed by atoms with Gasteiger partial charge in [-0.1, -0.05) is 53.9 Å². The molecule has 0 bridgehead atoms. The van der Waals surface area contributed by atoms with E-state index in [1.165, 1.54) is 70.6 Å². The molecule has 1 heteroatoms. The highest BCUT2D eigenvalue weighted by Crippen LogP contribution is 2.68. The molecular formula is C28H51N. The predicted molar refractivity (Wildman–Crippen MR) is 126 cm³/mol.